The van der Waals surface area contributed by atoms with Crippen molar-refractivity contribution in [3.8, 4) is 0 Å². The van der Waals surface area contributed by atoms with Gasteiger partial charge in [0.2, 0.25) is 10.0 Å². The van der Waals surface area contributed by atoms with E-state index in [2.05, 4.69) is 15.0 Å². The molecule has 0 spiro atoms. The van der Waals surface area contributed by atoms with Crippen LogP contribution in [-0.2, 0) is 10.0 Å². The molecule has 1 unspecified atom stereocenters. The van der Waals surface area contributed by atoms with Gasteiger partial charge in [0.15, 0.2) is 0 Å². The summed E-state index contributed by atoms with van der Waals surface area (Å²) in [6.45, 7) is 0. The summed E-state index contributed by atoms with van der Waals surface area (Å²) >= 11 is 0. The first-order valence-electron chi connectivity index (χ1n) is 7.69. The number of sulfonamides is 1. The van der Waals surface area contributed by atoms with Crippen LogP contribution in [0.5, 0.6) is 0 Å². The smallest absolute Gasteiger partial charge is 0.240 e. The molecule has 4 rings (SSSR count). The van der Waals surface area contributed by atoms with E-state index in [0.29, 0.717) is 12.8 Å². The van der Waals surface area contributed by atoms with Crippen LogP contribution >= 0.6 is 0 Å². The molecule has 24 heavy (non-hydrogen) atoms. The van der Waals surface area contributed by atoms with Crippen LogP contribution in [0.4, 0.5) is 10.1 Å². The number of nitrogens with zero attached hydrogens (tertiary/aromatic N) is 2. The van der Waals surface area contributed by atoms with Crippen LogP contribution in [-0.4, -0.2) is 19.4 Å². The molecule has 0 bridgehead atoms. The Morgan fingerprint density at radius 2 is 1.96 bits per heavy atom. The summed E-state index contributed by atoms with van der Waals surface area (Å²) in [6.07, 6.45) is 5.45. The maximum atomic E-state index is 13.0. The fourth-order valence-corrected chi connectivity index (χ4v) is 4.46. The molecule has 2 aliphatic rings. The van der Waals surface area contributed by atoms with Gasteiger partial charge in [0.05, 0.1) is 16.8 Å². The molecule has 0 amide bonds. The van der Waals surface area contributed by atoms with Gasteiger partial charge in [-0.05, 0) is 55.2 Å². The molecule has 5 nitrogen and oxygen atoms in total. The summed E-state index contributed by atoms with van der Waals surface area (Å²) in [4.78, 5) is 4.15. The monoisotopic (exact) mass is 344 g/mol. The largest absolute Gasteiger partial charge is 0.262 e. The quantitative estimate of drug-likeness (QED) is 0.930. The highest BCUT2D eigenvalue weighted by atomic mass is 32.2. The first-order chi connectivity index (χ1) is 11.5. The van der Waals surface area contributed by atoms with Crippen molar-refractivity contribution in [3.05, 3.63) is 59.8 Å². The summed E-state index contributed by atoms with van der Waals surface area (Å²) in [5.41, 5.74) is 4.00. The van der Waals surface area contributed by atoms with E-state index in [0.717, 1.165) is 41.1 Å². The Morgan fingerprint density at radius 3 is 2.75 bits per heavy atom. The Kier molecular flexibility index (Phi) is 3.62. The third-order valence-corrected chi connectivity index (χ3v) is 5.89. The minimum absolute atomic E-state index is 0.0735. The van der Waals surface area contributed by atoms with E-state index in [1.54, 1.807) is 12.4 Å². The third kappa shape index (κ3) is 2.70. The van der Waals surface area contributed by atoms with Crippen molar-refractivity contribution in [2.75, 3.05) is 0 Å². The Hall–Kier alpha value is -2.25. The molecule has 1 radical (unpaired) electrons. The van der Waals surface area contributed by atoms with E-state index in [-0.39, 0.29) is 10.9 Å². The van der Waals surface area contributed by atoms with Crippen LogP contribution in [0, 0.1) is 5.82 Å². The van der Waals surface area contributed by atoms with Crippen molar-refractivity contribution >= 4 is 21.3 Å². The van der Waals surface area contributed by atoms with E-state index >= 15 is 0 Å². The maximum absolute atomic E-state index is 13.0. The van der Waals surface area contributed by atoms with Crippen molar-refractivity contribution in [2.45, 2.75) is 30.2 Å². The van der Waals surface area contributed by atoms with Crippen LogP contribution in [0.1, 0.15) is 24.8 Å². The molecule has 0 saturated carbocycles. The van der Waals surface area contributed by atoms with Gasteiger partial charge in [-0.15, -0.1) is 0 Å². The molecular weight excluding hydrogens is 329 g/mol. The topological polar surface area (TPSA) is 73.2 Å². The van der Waals surface area contributed by atoms with E-state index in [1.807, 2.05) is 6.07 Å². The van der Waals surface area contributed by atoms with Gasteiger partial charge in [0, 0.05) is 23.5 Å². The Balaban J connectivity index is 1.54. The summed E-state index contributed by atoms with van der Waals surface area (Å²) < 4.78 is 40.6. The molecule has 1 aromatic carbocycles. The van der Waals surface area contributed by atoms with Crippen molar-refractivity contribution in [2.24, 2.45) is 0 Å². The minimum atomic E-state index is -3.66. The lowest BCUT2D eigenvalue weighted by Gasteiger charge is -2.24. The number of rotatable bonds is 3. The van der Waals surface area contributed by atoms with Gasteiger partial charge in [-0.3, -0.25) is 10.3 Å². The number of allylic oxidation sites excluding steroid dienone is 1. The van der Waals surface area contributed by atoms with E-state index in [4.69, 9.17) is 0 Å². The number of aromatic nitrogens is 1. The van der Waals surface area contributed by atoms with Crippen LogP contribution in [0.2, 0.25) is 0 Å². The SMILES string of the molecule is O=S(=O)(NC1CCC2=C(C1)c1ccncc1[N]2)c1ccc(F)cc1. The second kappa shape index (κ2) is 5.68. The van der Waals surface area contributed by atoms with Crippen LogP contribution in [0.3, 0.4) is 0 Å². The first-order valence-corrected chi connectivity index (χ1v) is 9.17. The number of hydrogen-bond donors (Lipinski definition) is 1. The van der Waals surface area contributed by atoms with Crippen molar-refractivity contribution in [1.29, 1.82) is 0 Å². The molecule has 2 heterocycles. The van der Waals surface area contributed by atoms with Gasteiger partial charge in [0.25, 0.3) is 0 Å². The summed E-state index contributed by atoms with van der Waals surface area (Å²) in [7, 11) is -3.66. The summed E-state index contributed by atoms with van der Waals surface area (Å²) in [6, 6.07) is 6.56. The predicted octanol–water partition coefficient (Wildman–Crippen LogP) is 2.71. The molecular formula is C17H15FN3O2S. The molecule has 123 valence electrons. The highest BCUT2D eigenvalue weighted by molar-refractivity contribution is 7.89. The van der Waals surface area contributed by atoms with Crippen LogP contribution < -0.4 is 10.0 Å². The lowest BCUT2D eigenvalue weighted by atomic mass is 9.90. The maximum Gasteiger partial charge on any atom is 0.240 e. The van der Waals surface area contributed by atoms with Gasteiger partial charge in [-0.25, -0.2) is 17.5 Å². The van der Waals surface area contributed by atoms with Gasteiger partial charge in [0.1, 0.15) is 5.82 Å². The summed E-state index contributed by atoms with van der Waals surface area (Å²) in [5.74, 6) is -0.459. The number of pyridine rings is 1. The Morgan fingerprint density at radius 1 is 1.17 bits per heavy atom. The van der Waals surface area contributed by atoms with Crippen molar-refractivity contribution in [3.63, 3.8) is 0 Å². The second-order valence-corrected chi connectivity index (χ2v) is 7.66. The van der Waals surface area contributed by atoms with E-state index < -0.39 is 15.8 Å². The zero-order valence-electron chi connectivity index (χ0n) is 12.7. The standard InChI is InChI=1S/C17H15FN3O2S/c18-11-1-4-13(5-2-11)24(22,23)21-12-3-6-16-15(9-12)14-7-8-19-10-17(14)20-16/h1-2,4-5,7-8,10,12,21H,3,6,9H2. The van der Waals surface area contributed by atoms with Gasteiger partial charge in [-0.1, -0.05) is 0 Å². The molecule has 1 aromatic heterocycles. The van der Waals surface area contributed by atoms with Crippen molar-refractivity contribution < 1.29 is 12.8 Å². The number of hydrogen-bond acceptors (Lipinski definition) is 3. The molecule has 1 atom stereocenters. The predicted molar refractivity (Wildman–Crippen MR) is 87.3 cm³/mol. The molecule has 0 fully saturated rings. The van der Waals surface area contributed by atoms with E-state index in [1.165, 1.54) is 12.1 Å². The molecule has 2 aromatic rings. The molecule has 7 heteroatoms. The summed E-state index contributed by atoms with van der Waals surface area (Å²) in [5, 5.41) is 4.57. The zero-order chi connectivity index (χ0) is 16.7. The second-order valence-electron chi connectivity index (χ2n) is 5.94. The molecule has 1 N–H and O–H groups in total. The molecule has 1 aliphatic carbocycles. The highest BCUT2D eigenvalue weighted by Gasteiger charge is 2.31. The fraction of sp³-hybridized carbons (Fsp3) is 0.235. The highest BCUT2D eigenvalue weighted by Crippen LogP contribution is 2.41. The average molecular weight is 344 g/mol. The lowest BCUT2D eigenvalue weighted by molar-refractivity contribution is 0.518. The number of nitrogens with one attached hydrogen (secondary N) is 1. The first kappa shape index (κ1) is 15.3. The zero-order valence-corrected chi connectivity index (χ0v) is 13.6. The average Bonchev–Trinajstić information content (AvgIpc) is 2.93. The Bertz CT molecular complexity index is 923. The van der Waals surface area contributed by atoms with E-state index in [9.17, 15) is 12.8 Å². The van der Waals surface area contributed by atoms with Crippen molar-refractivity contribution in [1.82, 2.24) is 15.0 Å². The third-order valence-electron chi connectivity index (χ3n) is 4.35. The number of halogens is 1. The van der Waals surface area contributed by atoms with Gasteiger partial charge in [-0.2, -0.15) is 0 Å². The number of benzene rings is 1. The van der Waals surface area contributed by atoms with Crippen LogP contribution in [0.25, 0.3) is 5.57 Å². The molecule has 1 aliphatic heterocycles. The Labute approximate surface area is 139 Å². The normalized spacial score (nSPS) is 19.6. The van der Waals surface area contributed by atoms with Crippen LogP contribution in [0.15, 0.2) is 53.3 Å². The van der Waals surface area contributed by atoms with Gasteiger partial charge < -0.3 is 0 Å². The molecule has 0 saturated heterocycles. The fourth-order valence-electron chi connectivity index (χ4n) is 3.19. The lowest BCUT2D eigenvalue weighted by Crippen LogP contribution is -2.36. The number of fused-ring (bicyclic) bond motifs is 2. The minimum Gasteiger partial charge on any atom is -0.262 e. The van der Waals surface area contributed by atoms with Gasteiger partial charge >= 0.3 is 0 Å².